The summed E-state index contributed by atoms with van der Waals surface area (Å²) >= 11 is 0. The maximum atomic E-state index is 12.1. The van der Waals surface area contributed by atoms with Crippen molar-refractivity contribution in [3.8, 4) is 0 Å². The van der Waals surface area contributed by atoms with Gasteiger partial charge in [0.2, 0.25) is 0 Å². The lowest BCUT2D eigenvalue weighted by molar-refractivity contribution is 0.0822. The standard InChI is InChI=1S/C16H26N4O/c1-12(17-2)15-7-5-6-10-20(15)13-8-9-18-14(11-13)16(21)19(3)4/h8-9,11-12,15,17H,5-7,10H2,1-4H3. The summed E-state index contributed by atoms with van der Waals surface area (Å²) in [4.78, 5) is 20.3. The van der Waals surface area contributed by atoms with E-state index in [1.807, 2.05) is 19.2 Å². The van der Waals surface area contributed by atoms with Gasteiger partial charge in [-0.15, -0.1) is 0 Å². The lowest BCUT2D eigenvalue weighted by Crippen LogP contribution is -2.50. The summed E-state index contributed by atoms with van der Waals surface area (Å²) in [6, 6.07) is 4.82. The Morgan fingerprint density at radius 1 is 1.48 bits per heavy atom. The molecule has 5 nitrogen and oxygen atoms in total. The van der Waals surface area contributed by atoms with Gasteiger partial charge in [0, 0.05) is 44.6 Å². The maximum Gasteiger partial charge on any atom is 0.272 e. The zero-order valence-corrected chi connectivity index (χ0v) is 13.5. The second-order valence-corrected chi connectivity index (χ2v) is 5.93. The molecule has 5 heteroatoms. The Morgan fingerprint density at radius 2 is 2.24 bits per heavy atom. The first-order chi connectivity index (χ1) is 10.0. The molecule has 1 aromatic rings. The Balaban J connectivity index is 2.26. The molecular weight excluding hydrogens is 264 g/mol. The van der Waals surface area contributed by atoms with Gasteiger partial charge in [-0.2, -0.15) is 0 Å². The Morgan fingerprint density at radius 3 is 2.90 bits per heavy atom. The van der Waals surface area contributed by atoms with Crippen molar-refractivity contribution >= 4 is 11.6 Å². The molecule has 1 saturated heterocycles. The first-order valence-electron chi connectivity index (χ1n) is 7.66. The fourth-order valence-electron chi connectivity index (χ4n) is 2.93. The van der Waals surface area contributed by atoms with Crippen LogP contribution in [0.1, 0.15) is 36.7 Å². The van der Waals surface area contributed by atoms with E-state index < -0.39 is 0 Å². The normalized spacial score (nSPS) is 20.2. The van der Waals surface area contributed by atoms with E-state index in [-0.39, 0.29) is 5.91 Å². The summed E-state index contributed by atoms with van der Waals surface area (Å²) in [5.74, 6) is -0.0490. The van der Waals surface area contributed by atoms with Gasteiger partial charge >= 0.3 is 0 Å². The number of likely N-dealkylation sites (N-methyl/N-ethyl adjacent to an activating group) is 1. The number of anilines is 1. The van der Waals surface area contributed by atoms with E-state index in [9.17, 15) is 4.79 Å². The molecule has 0 saturated carbocycles. The number of piperidine rings is 1. The molecule has 0 aliphatic carbocycles. The van der Waals surface area contributed by atoms with Gasteiger partial charge in [0.25, 0.3) is 5.91 Å². The molecule has 0 radical (unpaired) electrons. The first kappa shape index (κ1) is 15.8. The van der Waals surface area contributed by atoms with Crippen molar-refractivity contribution in [2.24, 2.45) is 0 Å². The van der Waals surface area contributed by atoms with Crippen molar-refractivity contribution in [1.29, 1.82) is 0 Å². The molecule has 116 valence electrons. The molecule has 1 amide bonds. The van der Waals surface area contributed by atoms with Crippen LogP contribution in [0.15, 0.2) is 18.3 Å². The molecule has 1 aliphatic heterocycles. The van der Waals surface area contributed by atoms with Crippen molar-refractivity contribution in [3.63, 3.8) is 0 Å². The average Bonchev–Trinajstić information content (AvgIpc) is 2.53. The maximum absolute atomic E-state index is 12.1. The third-order valence-electron chi connectivity index (χ3n) is 4.28. The summed E-state index contributed by atoms with van der Waals surface area (Å²) in [6.07, 6.45) is 5.39. The van der Waals surface area contributed by atoms with Crippen molar-refractivity contribution in [1.82, 2.24) is 15.2 Å². The number of hydrogen-bond acceptors (Lipinski definition) is 4. The molecule has 0 bridgehead atoms. The van der Waals surface area contributed by atoms with Crippen LogP contribution in [0, 0.1) is 0 Å². The third-order valence-corrected chi connectivity index (χ3v) is 4.28. The van der Waals surface area contributed by atoms with E-state index in [4.69, 9.17) is 0 Å². The largest absolute Gasteiger partial charge is 0.367 e. The molecule has 21 heavy (non-hydrogen) atoms. The summed E-state index contributed by atoms with van der Waals surface area (Å²) in [5.41, 5.74) is 1.61. The molecule has 1 N–H and O–H groups in total. The predicted octanol–water partition coefficient (Wildman–Crippen LogP) is 1.75. The highest BCUT2D eigenvalue weighted by molar-refractivity contribution is 5.92. The quantitative estimate of drug-likeness (QED) is 0.918. The summed E-state index contributed by atoms with van der Waals surface area (Å²) in [6.45, 7) is 3.26. The van der Waals surface area contributed by atoms with E-state index in [1.54, 1.807) is 25.2 Å². The molecule has 2 unspecified atom stereocenters. The van der Waals surface area contributed by atoms with Crippen LogP contribution in [0.25, 0.3) is 0 Å². The number of amides is 1. The van der Waals surface area contributed by atoms with Gasteiger partial charge in [-0.1, -0.05) is 0 Å². The van der Waals surface area contributed by atoms with Gasteiger partial charge in [-0.3, -0.25) is 9.78 Å². The molecule has 0 spiro atoms. The lowest BCUT2D eigenvalue weighted by Gasteiger charge is -2.41. The van der Waals surface area contributed by atoms with Gasteiger partial charge in [0.15, 0.2) is 0 Å². The topological polar surface area (TPSA) is 48.5 Å². The van der Waals surface area contributed by atoms with Crippen molar-refractivity contribution in [2.45, 2.75) is 38.3 Å². The van der Waals surface area contributed by atoms with E-state index in [0.29, 0.717) is 17.8 Å². The van der Waals surface area contributed by atoms with Crippen LogP contribution in [0.5, 0.6) is 0 Å². The van der Waals surface area contributed by atoms with Crippen LogP contribution >= 0.6 is 0 Å². The van der Waals surface area contributed by atoms with Crippen molar-refractivity contribution in [3.05, 3.63) is 24.0 Å². The number of rotatable bonds is 4. The van der Waals surface area contributed by atoms with Crippen LogP contribution in [0.3, 0.4) is 0 Å². The third kappa shape index (κ3) is 3.53. The van der Waals surface area contributed by atoms with Gasteiger partial charge in [-0.25, -0.2) is 0 Å². The van der Waals surface area contributed by atoms with Crippen LogP contribution in [0.4, 0.5) is 5.69 Å². The Kier molecular flexibility index (Phi) is 5.17. The number of pyridine rings is 1. The fraction of sp³-hybridized carbons (Fsp3) is 0.625. The summed E-state index contributed by atoms with van der Waals surface area (Å²) in [7, 11) is 5.51. The van der Waals surface area contributed by atoms with E-state index in [0.717, 1.165) is 12.2 Å². The second kappa shape index (κ2) is 6.89. The minimum absolute atomic E-state index is 0.0490. The monoisotopic (exact) mass is 290 g/mol. The SMILES string of the molecule is CNC(C)C1CCCCN1c1ccnc(C(=O)N(C)C)c1. The van der Waals surface area contributed by atoms with Crippen LogP contribution in [-0.2, 0) is 0 Å². The molecule has 0 aromatic carbocycles. The molecular formula is C16H26N4O. The smallest absolute Gasteiger partial charge is 0.272 e. The van der Waals surface area contributed by atoms with Gasteiger partial charge in [0.1, 0.15) is 5.69 Å². The highest BCUT2D eigenvalue weighted by Crippen LogP contribution is 2.26. The van der Waals surface area contributed by atoms with E-state index >= 15 is 0 Å². The molecule has 1 fully saturated rings. The highest BCUT2D eigenvalue weighted by Gasteiger charge is 2.27. The number of nitrogens with one attached hydrogen (secondary N) is 1. The predicted molar refractivity (Wildman–Crippen MR) is 85.8 cm³/mol. The van der Waals surface area contributed by atoms with E-state index in [2.05, 4.69) is 22.1 Å². The fourth-order valence-corrected chi connectivity index (χ4v) is 2.93. The lowest BCUT2D eigenvalue weighted by atomic mass is 9.96. The zero-order chi connectivity index (χ0) is 15.4. The van der Waals surface area contributed by atoms with Crippen LogP contribution in [0.2, 0.25) is 0 Å². The minimum atomic E-state index is -0.0490. The Labute approximate surface area is 127 Å². The minimum Gasteiger partial charge on any atom is -0.367 e. The number of carbonyl (C=O) groups is 1. The number of nitrogens with zero attached hydrogens (tertiary/aromatic N) is 3. The second-order valence-electron chi connectivity index (χ2n) is 5.93. The zero-order valence-electron chi connectivity index (χ0n) is 13.5. The van der Waals surface area contributed by atoms with Crippen molar-refractivity contribution in [2.75, 3.05) is 32.6 Å². The average molecular weight is 290 g/mol. The molecule has 2 heterocycles. The van der Waals surface area contributed by atoms with Crippen LogP contribution < -0.4 is 10.2 Å². The number of carbonyl (C=O) groups excluding carboxylic acids is 1. The summed E-state index contributed by atoms with van der Waals surface area (Å²) < 4.78 is 0. The first-order valence-corrected chi connectivity index (χ1v) is 7.66. The molecule has 2 rings (SSSR count). The van der Waals surface area contributed by atoms with Gasteiger partial charge in [0.05, 0.1) is 0 Å². The Hall–Kier alpha value is -1.62. The number of aromatic nitrogens is 1. The number of hydrogen-bond donors (Lipinski definition) is 1. The highest BCUT2D eigenvalue weighted by atomic mass is 16.2. The van der Waals surface area contributed by atoms with Gasteiger partial charge < -0.3 is 15.1 Å². The molecule has 1 aromatic heterocycles. The van der Waals surface area contributed by atoms with Gasteiger partial charge in [-0.05, 0) is 45.4 Å². The molecule has 1 aliphatic rings. The molecule has 2 atom stereocenters. The Bertz CT molecular complexity index is 489. The van der Waals surface area contributed by atoms with Crippen molar-refractivity contribution < 1.29 is 4.79 Å². The summed E-state index contributed by atoms with van der Waals surface area (Å²) in [5, 5.41) is 3.36. The van der Waals surface area contributed by atoms with E-state index in [1.165, 1.54) is 19.3 Å². The van der Waals surface area contributed by atoms with Crippen LogP contribution in [-0.4, -0.2) is 55.6 Å².